The highest BCUT2D eigenvalue weighted by atomic mass is 127. The summed E-state index contributed by atoms with van der Waals surface area (Å²) >= 11 is 2.30. The molecule has 0 aromatic rings. The number of alkyl halides is 1. The summed E-state index contributed by atoms with van der Waals surface area (Å²) in [4.78, 5) is 0. The maximum absolute atomic E-state index is 5.31. The van der Waals surface area contributed by atoms with E-state index in [-0.39, 0.29) is 0 Å². The Morgan fingerprint density at radius 3 is 3.00 bits per heavy atom. The van der Waals surface area contributed by atoms with Crippen LogP contribution in [0.3, 0.4) is 0 Å². The summed E-state index contributed by atoms with van der Waals surface area (Å²) in [6, 6.07) is 0. The number of ether oxygens (including phenoxy) is 1. The molecule has 1 unspecified atom stereocenters. The molecular weight excluding hydrogens is 215 g/mol. The maximum Gasteiger partial charge on any atom is 0.112 e. The maximum atomic E-state index is 5.31. The third-order valence-electron chi connectivity index (χ3n) is 1.14. The molecule has 0 saturated carbocycles. The van der Waals surface area contributed by atoms with E-state index in [9.17, 15) is 0 Å². The number of halogens is 1. The van der Waals surface area contributed by atoms with Crippen LogP contribution in [0.1, 0.15) is 13.3 Å². The lowest BCUT2D eigenvalue weighted by atomic mass is 10.2. The van der Waals surface area contributed by atoms with Crippen molar-refractivity contribution in [3.8, 4) is 0 Å². The van der Waals surface area contributed by atoms with Crippen molar-refractivity contribution in [2.75, 3.05) is 6.61 Å². The molecule has 0 bridgehead atoms. The molecule has 46 valence electrons. The van der Waals surface area contributed by atoms with Crippen molar-refractivity contribution < 1.29 is 4.74 Å². The molecule has 0 aliphatic carbocycles. The minimum absolute atomic E-state index is 0.413. The minimum Gasteiger partial charge on any atom is -0.363 e. The molecule has 0 amide bonds. The fraction of sp³-hybridized carbons (Fsp3) is 0.667. The Hall–Kier alpha value is 0.430. The van der Waals surface area contributed by atoms with E-state index >= 15 is 0 Å². The standard InChI is InChI=1S/C6H9IO/c1-5-2-3-6(7)8-4-5/h2,6H,3-4H2,1H3. The van der Waals surface area contributed by atoms with Crippen molar-refractivity contribution in [3.63, 3.8) is 0 Å². The first kappa shape index (κ1) is 6.55. The van der Waals surface area contributed by atoms with Gasteiger partial charge < -0.3 is 4.74 Å². The quantitative estimate of drug-likeness (QED) is 0.348. The van der Waals surface area contributed by atoms with E-state index in [2.05, 4.69) is 35.6 Å². The molecule has 1 atom stereocenters. The Labute approximate surface area is 63.2 Å². The monoisotopic (exact) mass is 224 g/mol. The molecule has 1 rings (SSSR count). The second kappa shape index (κ2) is 2.82. The molecule has 1 heterocycles. The van der Waals surface area contributed by atoms with Gasteiger partial charge >= 0.3 is 0 Å². The summed E-state index contributed by atoms with van der Waals surface area (Å²) in [7, 11) is 0. The Morgan fingerprint density at radius 1 is 1.88 bits per heavy atom. The summed E-state index contributed by atoms with van der Waals surface area (Å²) in [5.41, 5.74) is 1.36. The van der Waals surface area contributed by atoms with Gasteiger partial charge in [0.2, 0.25) is 0 Å². The summed E-state index contributed by atoms with van der Waals surface area (Å²) in [5, 5.41) is 0. The molecule has 0 N–H and O–H groups in total. The molecule has 1 aliphatic rings. The van der Waals surface area contributed by atoms with Crippen LogP contribution in [-0.2, 0) is 4.74 Å². The Balaban J connectivity index is 2.42. The second-order valence-corrected chi connectivity index (χ2v) is 3.40. The van der Waals surface area contributed by atoms with Crippen LogP contribution in [-0.4, -0.2) is 10.7 Å². The highest BCUT2D eigenvalue weighted by Crippen LogP contribution is 2.16. The van der Waals surface area contributed by atoms with Crippen LogP contribution in [0.25, 0.3) is 0 Å². The van der Waals surface area contributed by atoms with Gasteiger partial charge in [0.25, 0.3) is 0 Å². The molecule has 0 radical (unpaired) electrons. The van der Waals surface area contributed by atoms with Gasteiger partial charge in [0.15, 0.2) is 0 Å². The molecule has 0 spiro atoms. The van der Waals surface area contributed by atoms with Gasteiger partial charge in [-0.15, -0.1) is 0 Å². The zero-order valence-electron chi connectivity index (χ0n) is 4.86. The van der Waals surface area contributed by atoms with Crippen LogP contribution in [0.5, 0.6) is 0 Å². The third kappa shape index (κ3) is 1.74. The summed E-state index contributed by atoms with van der Waals surface area (Å²) in [6.45, 7) is 2.93. The number of hydrogen-bond acceptors (Lipinski definition) is 1. The third-order valence-corrected chi connectivity index (χ3v) is 2.01. The van der Waals surface area contributed by atoms with Gasteiger partial charge in [0.05, 0.1) is 6.61 Å². The summed E-state index contributed by atoms with van der Waals surface area (Å²) in [6.07, 6.45) is 3.31. The SMILES string of the molecule is CC1=CCC(I)OC1. The van der Waals surface area contributed by atoms with Gasteiger partial charge in [0.1, 0.15) is 4.11 Å². The van der Waals surface area contributed by atoms with E-state index in [1.807, 2.05) is 0 Å². The second-order valence-electron chi connectivity index (χ2n) is 2.01. The number of hydrogen-bond donors (Lipinski definition) is 0. The average Bonchev–Trinajstić information content (AvgIpc) is 1.77. The lowest BCUT2D eigenvalue weighted by molar-refractivity contribution is 0.136. The summed E-state index contributed by atoms with van der Waals surface area (Å²) < 4.78 is 5.72. The van der Waals surface area contributed by atoms with E-state index in [4.69, 9.17) is 4.74 Å². The highest BCUT2D eigenvalue weighted by molar-refractivity contribution is 14.1. The molecule has 8 heavy (non-hydrogen) atoms. The number of rotatable bonds is 0. The van der Waals surface area contributed by atoms with Crippen molar-refractivity contribution in [1.29, 1.82) is 0 Å². The molecule has 1 aliphatic heterocycles. The van der Waals surface area contributed by atoms with Crippen LogP contribution >= 0.6 is 22.6 Å². The zero-order valence-corrected chi connectivity index (χ0v) is 7.01. The van der Waals surface area contributed by atoms with Crippen molar-refractivity contribution in [3.05, 3.63) is 11.6 Å². The lowest BCUT2D eigenvalue weighted by Gasteiger charge is -2.14. The van der Waals surface area contributed by atoms with Crippen LogP contribution in [0.4, 0.5) is 0 Å². The van der Waals surface area contributed by atoms with E-state index in [0.29, 0.717) is 4.11 Å². The van der Waals surface area contributed by atoms with Crippen molar-refractivity contribution in [2.24, 2.45) is 0 Å². The van der Waals surface area contributed by atoms with E-state index in [1.54, 1.807) is 0 Å². The molecule has 1 nitrogen and oxygen atoms in total. The van der Waals surface area contributed by atoms with Gasteiger partial charge in [0, 0.05) is 6.42 Å². The smallest absolute Gasteiger partial charge is 0.112 e. The largest absolute Gasteiger partial charge is 0.363 e. The van der Waals surface area contributed by atoms with Gasteiger partial charge in [-0.25, -0.2) is 0 Å². The Kier molecular flexibility index (Phi) is 2.31. The van der Waals surface area contributed by atoms with Crippen LogP contribution in [0.15, 0.2) is 11.6 Å². The van der Waals surface area contributed by atoms with E-state index in [0.717, 1.165) is 13.0 Å². The topological polar surface area (TPSA) is 9.23 Å². The average molecular weight is 224 g/mol. The molecule has 0 fully saturated rings. The van der Waals surface area contributed by atoms with Crippen LogP contribution < -0.4 is 0 Å². The van der Waals surface area contributed by atoms with Crippen molar-refractivity contribution in [1.82, 2.24) is 0 Å². The first-order valence-corrected chi connectivity index (χ1v) is 3.95. The molecule has 0 aromatic heterocycles. The Bertz CT molecular complexity index is 109. The first-order valence-electron chi connectivity index (χ1n) is 2.70. The lowest BCUT2D eigenvalue weighted by Crippen LogP contribution is -2.10. The fourth-order valence-electron chi connectivity index (χ4n) is 0.643. The fourth-order valence-corrected chi connectivity index (χ4v) is 1.08. The normalized spacial score (nSPS) is 29.8. The minimum atomic E-state index is 0.413. The predicted molar refractivity (Wildman–Crippen MR) is 42.1 cm³/mol. The van der Waals surface area contributed by atoms with Gasteiger partial charge in [-0.2, -0.15) is 0 Å². The van der Waals surface area contributed by atoms with Crippen LogP contribution in [0.2, 0.25) is 0 Å². The van der Waals surface area contributed by atoms with Gasteiger partial charge in [-0.1, -0.05) is 34.2 Å². The highest BCUT2D eigenvalue weighted by Gasteiger charge is 2.06. The van der Waals surface area contributed by atoms with Gasteiger partial charge in [-0.05, 0) is 6.92 Å². The van der Waals surface area contributed by atoms with Crippen LogP contribution in [0, 0.1) is 0 Å². The first-order chi connectivity index (χ1) is 3.79. The van der Waals surface area contributed by atoms with Crippen molar-refractivity contribution in [2.45, 2.75) is 17.5 Å². The van der Waals surface area contributed by atoms with E-state index < -0.39 is 0 Å². The predicted octanol–water partition coefficient (Wildman–Crippen LogP) is 2.11. The summed E-state index contributed by atoms with van der Waals surface area (Å²) in [5.74, 6) is 0. The Morgan fingerprint density at radius 2 is 2.62 bits per heavy atom. The molecule has 2 heteroatoms. The molecule has 0 saturated heterocycles. The van der Waals surface area contributed by atoms with Gasteiger partial charge in [-0.3, -0.25) is 0 Å². The van der Waals surface area contributed by atoms with Crippen molar-refractivity contribution >= 4 is 22.6 Å². The molecular formula is C6H9IO. The molecule has 0 aromatic carbocycles. The zero-order chi connectivity index (χ0) is 5.98. The van der Waals surface area contributed by atoms with E-state index in [1.165, 1.54) is 5.57 Å².